The quantitative estimate of drug-likeness (QED) is 0.685. The lowest BCUT2D eigenvalue weighted by molar-refractivity contribution is 0.669. The summed E-state index contributed by atoms with van der Waals surface area (Å²) in [5, 5.41) is 0.597. The van der Waals surface area contributed by atoms with Crippen molar-refractivity contribution in [2.45, 2.75) is 14.7 Å². The fourth-order valence-corrected chi connectivity index (χ4v) is 5.36. The molecule has 21 heavy (non-hydrogen) atoms. The van der Waals surface area contributed by atoms with Crippen LogP contribution in [0.4, 0.5) is 0 Å². The van der Waals surface area contributed by atoms with Gasteiger partial charge in [-0.25, -0.2) is 0 Å². The molecule has 106 valence electrons. The van der Waals surface area contributed by atoms with Gasteiger partial charge in [0, 0.05) is 19.7 Å². The van der Waals surface area contributed by atoms with Crippen LogP contribution in [0.25, 0.3) is 0 Å². The van der Waals surface area contributed by atoms with Crippen LogP contribution in [0.3, 0.4) is 0 Å². The van der Waals surface area contributed by atoms with E-state index in [2.05, 4.69) is 0 Å². The molecule has 0 radical (unpaired) electrons. The molecular weight excluding hydrogens is 300 g/mol. The first-order chi connectivity index (χ1) is 10.2. The van der Waals surface area contributed by atoms with Gasteiger partial charge in [-0.15, -0.1) is 0 Å². The molecule has 3 aromatic rings. The smallest absolute Gasteiger partial charge is 0.0417 e. The number of benzene rings is 3. The normalized spacial score (nSPS) is 12.0. The minimum atomic E-state index is -2.89. The van der Waals surface area contributed by atoms with Crippen LogP contribution in [0, 0.1) is 0 Å². The number of thiol groups is 1. The van der Waals surface area contributed by atoms with Crippen molar-refractivity contribution in [2.24, 2.45) is 0 Å². The summed E-state index contributed by atoms with van der Waals surface area (Å²) in [4.78, 5) is 2.39. The molecule has 0 saturated heterocycles. The van der Waals surface area contributed by atoms with E-state index in [9.17, 15) is 4.21 Å². The van der Waals surface area contributed by atoms with Gasteiger partial charge in [-0.3, -0.25) is 4.21 Å². The average Bonchev–Trinajstić information content (AvgIpc) is 2.56. The van der Waals surface area contributed by atoms with Gasteiger partial charge in [-0.2, -0.15) is 0 Å². The van der Waals surface area contributed by atoms with Crippen molar-refractivity contribution in [1.82, 2.24) is 0 Å². The van der Waals surface area contributed by atoms with E-state index in [-0.39, 0.29) is 0 Å². The molecule has 0 amide bonds. The average molecular weight is 315 g/mol. The second kappa shape index (κ2) is 5.84. The highest BCUT2D eigenvalue weighted by Crippen LogP contribution is 2.36. The zero-order valence-corrected chi connectivity index (χ0v) is 13.0. The minimum absolute atomic E-state index is 0.597. The molecule has 0 aliphatic rings. The summed E-state index contributed by atoms with van der Waals surface area (Å²) < 4.78 is 13.9. The van der Waals surface area contributed by atoms with E-state index in [0.29, 0.717) is 5.02 Å². The zero-order valence-electron chi connectivity index (χ0n) is 11.3. The lowest BCUT2D eigenvalue weighted by atomic mass is 10.4. The number of hydrogen-bond donors (Lipinski definition) is 1. The standard InChI is InChI=1S/C18H15ClOS/c19-15-8-7-13-18(14-15)21(20,16-9-3-1-4-10-16)17-11-5-2-6-12-17/h1-14,21H. The Labute approximate surface area is 130 Å². The first-order valence-corrected chi connectivity index (χ1v) is 8.77. The van der Waals surface area contributed by atoms with Gasteiger partial charge in [0.05, 0.1) is 0 Å². The van der Waals surface area contributed by atoms with Crippen LogP contribution in [0.1, 0.15) is 0 Å². The van der Waals surface area contributed by atoms with Crippen molar-refractivity contribution in [3.63, 3.8) is 0 Å². The lowest BCUT2D eigenvalue weighted by Gasteiger charge is -2.25. The predicted octanol–water partition coefficient (Wildman–Crippen LogP) is 4.83. The van der Waals surface area contributed by atoms with Gasteiger partial charge in [-0.05, 0) is 52.4 Å². The molecule has 0 unspecified atom stereocenters. The second-order valence-corrected chi connectivity index (χ2v) is 7.96. The highest BCUT2D eigenvalue weighted by atomic mass is 35.5. The molecule has 0 aromatic heterocycles. The van der Waals surface area contributed by atoms with Gasteiger partial charge in [-0.1, -0.05) is 54.1 Å². The third-order valence-electron chi connectivity index (χ3n) is 3.41. The van der Waals surface area contributed by atoms with Crippen molar-refractivity contribution in [3.8, 4) is 0 Å². The van der Waals surface area contributed by atoms with Crippen molar-refractivity contribution < 1.29 is 4.21 Å². The molecule has 3 rings (SSSR count). The Morgan fingerprint density at radius 3 is 1.57 bits per heavy atom. The van der Waals surface area contributed by atoms with Gasteiger partial charge in [0.2, 0.25) is 0 Å². The third-order valence-corrected chi connectivity index (χ3v) is 6.70. The van der Waals surface area contributed by atoms with Crippen molar-refractivity contribution in [2.75, 3.05) is 0 Å². The minimum Gasteiger partial charge on any atom is -0.271 e. The number of rotatable bonds is 3. The van der Waals surface area contributed by atoms with E-state index in [4.69, 9.17) is 11.6 Å². The molecule has 0 fully saturated rings. The maximum absolute atomic E-state index is 13.9. The van der Waals surface area contributed by atoms with E-state index in [1.165, 1.54) is 0 Å². The van der Waals surface area contributed by atoms with Gasteiger partial charge < -0.3 is 0 Å². The van der Waals surface area contributed by atoms with Crippen LogP contribution in [0.5, 0.6) is 0 Å². The Kier molecular flexibility index (Phi) is 3.91. The van der Waals surface area contributed by atoms with Crippen molar-refractivity contribution in [3.05, 3.63) is 90.0 Å². The highest BCUT2D eigenvalue weighted by Gasteiger charge is 2.23. The van der Waals surface area contributed by atoms with Crippen LogP contribution >= 0.6 is 11.6 Å². The van der Waals surface area contributed by atoms with Crippen LogP contribution in [0.2, 0.25) is 5.02 Å². The molecule has 0 heterocycles. The molecule has 3 aromatic carbocycles. The Morgan fingerprint density at radius 1 is 0.619 bits per heavy atom. The Morgan fingerprint density at radius 2 is 1.10 bits per heavy atom. The number of hydrogen-bond acceptors (Lipinski definition) is 1. The molecule has 3 heteroatoms. The Bertz CT molecular complexity index is 741. The SMILES string of the molecule is O=[SH](c1ccccc1)(c1ccccc1)c1cccc(Cl)c1. The van der Waals surface area contributed by atoms with Crippen molar-refractivity contribution in [1.29, 1.82) is 0 Å². The fourth-order valence-electron chi connectivity index (χ4n) is 2.40. The largest absolute Gasteiger partial charge is 0.271 e. The molecular formula is C18H15ClOS. The van der Waals surface area contributed by atoms with E-state index in [1.807, 2.05) is 72.8 Å². The van der Waals surface area contributed by atoms with Crippen molar-refractivity contribution >= 4 is 21.5 Å². The first-order valence-electron chi connectivity index (χ1n) is 6.69. The molecule has 0 N–H and O–H groups in total. The highest BCUT2D eigenvalue weighted by molar-refractivity contribution is 8.03. The predicted molar refractivity (Wildman–Crippen MR) is 88.7 cm³/mol. The molecule has 0 aliphatic heterocycles. The zero-order chi connectivity index (χ0) is 14.7. The Hall–Kier alpha value is -1.90. The maximum atomic E-state index is 13.9. The summed E-state index contributed by atoms with van der Waals surface area (Å²) in [7, 11) is -2.89. The monoisotopic (exact) mass is 314 g/mol. The third kappa shape index (κ3) is 2.65. The van der Waals surface area contributed by atoms with Crippen LogP contribution in [-0.2, 0) is 9.93 Å². The number of halogens is 1. The first kappa shape index (κ1) is 14.1. The van der Waals surface area contributed by atoms with E-state index >= 15 is 0 Å². The molecule has 0 atom stereocenters. The second-order valence-electron chi connectivity index (χ2n) is 4.76. The fraction of sp³-hybridized carbons (Fsp3) is 0. The lowest BCUT2D eigenvalue weighted by Crippen LogP contribution is -2.13. The van der Waals surface area contributed by atoms with E-state index in [1.54, 1.807) is 12.1 Å². The maximum Gasteiger partial charge on any atom is 0.0417 e. The molecule has 0 aliphatic carbocycles. The van der Waals surface area contributed by atoms with Crippen LogP contribution < -0.4 is 0 Å². The van der Waals surface area contributed by atoms with Gasteiger partial charge in [0.25, 0.3) is 0 Å². The summed E-state index contributed by atoms with van der Waals surface area (Å²) in [5.41, 5.74) is 0. The topological polar surface area (TPSA) is 17.1 Å². The summed E-state index contributed by atoms with van der Waals surface area (Å²) >= 11 is 6.10. The van der Waals surface area contributed by atoms with E-state index < -0.39 is 9.93 Å². The molecule has 1 nitrogen and oxygen atoms in total. The molecule has 0 spiro atoms. The summed E-state index contributed by atoms with van der Waals surface area (Å²) in [6.07, 6.45) is 0. The molecule has 0 saturated carbocycles. The molecule has 0 bridgehead atoms. The summed E-state index contributed by atoms with van der Waals surface area (Å²) in [6, 6.07) is 26.5. The van der Waals surface area contributed by atoms with Crippen LogP contribution in [-0.4, -0.2) is 4.21 Å². The summed E-state index contributed by atoms with van der Waals surface area (Å²) in [5.74, 6) is 0. The van der Waals surface area contributed by atoms with Gasteiger partial charge in [0.15, 0.2) is 0 Å². The van der Waals surface area contributed by atoms with E-state index in [0.717, 1.165) is 14.7 Å². The van der Waals surface area contributed by atoms with Crippen LogP contribution in [0.15, 0.2) is 99.6 Å². The van der Waals surface area contributed by atoms with Gasteiger partial charge >= 0.3 is 0 Å². The Balaban J connectivity index is 2.29. The summed E-state index contributed by atoms with van der Waals surface area (Å²) in [6.45, 7) is 0. The van der Waals surface area contributed by atoms with Gasteiger partial charge in [0.1, 0.15) is 0 Å².